The Hall–Kier alpha value is -3.48. The first kappa shape index (κ1) is 19.3. The molecule has 0 aliphatic heterocycles. The van der Waals surface area contributed by atoms with E-state index in [4.69, 9.17) is 4.74 Å². The molecular formula is C21H21N3O4. The van der Waals surface area contributed by atoms with E-state index in [0.717, 1.165) is 11.1 Å². The number of aromatic nitrogens is 2. The van der Waals surface area contributed by atoms with Crippen molar-refractivity contribution >= 4 is 17.5 Å². The number of hydrogen-bond donors (Lipinski definition) is 1. The second kappa shape index (κ2) is 8.04. The van der Waals surface area contributed by atoms with Gasteiger partial charge in [0.15, 0.2) is 0 Å². The number of rotatable bonds is 5. The molecule has 3 aromatic rings. The second-order valence-corrected chi connectivity index (χ2v) is 6.64. The fourth-order valence-corrected chi connectivity index (χ4v) is 2.78. The highest BCUT2D eigenvalue weighted by Crippen LogP contribution is 2.07. The molecule has 7 heteroatoms. The van der Waals surface area contributed by atoms with Crippen LogP contribution in [0.25, 0.3) is 5.65 Å². The van der Waals surface area contributed by atoms with Gasteiger partial charge in [0.1, 0.15) is 18.3 Å². The van der Waals surface area contributed by atoms with Crippen molar-refractivity contribution in [2.24, 2.45) is 0 Å². The van der Waals surface area contributed by atoms with Crippen LogP contribution in [0.5, 0.6) is 0 Å². The number of carbonyl (C=O) groups is 2. The first-order chi connectivity index (χ1) is 13.3. The van der Waals surface area contributed by atoms with E-state index >= 15 is 0 Å². The molecule has 2 aromatic heterocycles. The molecule has 0 radical (unpaired) electrons. The lowest BCUT2D eigenvalue weighted by molar-refractivity contribution is -0.146. The van der Waals surface area contributed by atoms with Crippen LogP contribution in [-0.4, -0.2) is 27.3 Å². The number of nitrogens with zero attached hydrogens (tertiary/aromatic N) is 2. The van der Waals surface area contributed by atoms with Gasteiger partial charge in [-0.2, -0.15) is 0 Å². The molecule has 0 aliphatic carbocycles. The van der Waals surface area contributed by atoms with Crippen molar-refractivity contribution in [3.63, 3.8) is 0 Å². The summed E-state index contributed by atoms with van der Waals surface area (Å²) in [6, 6.07) is 11.2. The number of amides is 1. The number of benzene rings is 1. The lowest BCUT2D eigenvalue weighted by Crippen LogP contribution is -2.39. The minimum atomic E-state index is -0.837. The summed E-state index contributed by atoms with van der Waals surface area (Å²) < 4.78 is 6.67. The molecule has 28 heavy (non-hydrogen) atoms. The Kier molecular flexibility index (Phi) is 5.54. The molecule has 3 rings (SSSR count). The van der Waals surface area contributed by atoms with Crippen LogP contribution in [0.2, 0.25) is 0 Å². The van der Waals surface area contributed by atoms with E-state index in [9.17, 15) is 14.4 Å². The Morgan fingerprint density at radius 1 is 1.18 bits per heavy atom. The lowest BCUT2D eigenvalue weighted by Gasteiger charge is -2.14. The van der Waals surface area contributed by atoms with Crippen LogP contribution in [0.15, 0.2) is 53.5 Å². The zero-order chi connectivity index (χ0) is 20.3. The predicted octanol–water partition coefficient (Wildman–Crippen LogP) is 2.17. The van der Waals surface area contributed by atoms with E-state index in [1.54, 1.807) is 37.4 Å². The van der Waals surface area contributed by atoms with Crippen molar-refractivity contribution in [2.75, 3.05) is 0 Å². The summed E-state index contributed by atoms with van der Waals surface area (Å²) in [6.45, 7) is 5.13. The van der Waals surface area contributed by atoms with Gasteiger partial charge in [-0.1, -0.05) is 23.8 Å². The minimum Gasteiger partial charge on any atom is -0.458 e. The Morgan fingerprint density at radius 2 is 1.96 bits per heavy atom. The average molecular weight is 379 g/mol. The van der Waals surface area contributed by atoms with Crippen LogP contribution in [0, 0.1) is 13.8 Å². The number of aryl methyl sites for hydroxylation is 2. The van der Waals surface area contributed by atoms with Gasteiger partial charge < -0.3 is 10.1 Å². The van der Waals surface area contributed by atoms with Crippen LogP contribution in [0.1, 0.15) is 34.1 Å². The molecule has 0 spiro atoms. The van der Waals surface area contributed by atoms with Crippen molar-refractivity contribution in [3.8, 4) is 0 Å². The van der Waals surface area contributed by atoms with Crippen molar-refractivity contribution in [1.82, 2.24) is 14.7 Å². The molecule has 1 N–H and O–H groups in total. The number of esters is 1. The number of nitrogens with one attached hydrogen (secondary N) is 1. The molecule has 1 atom stereocenters. The van der Waals surface area contributed by atoms with E-state index in [1.165, 1.54) is 10.5 Å². The summed E-state index contributed by atoms with van der Waals surface area (Å²) in [7, 11) is 0. The zero-order valence-corrected chi connectivity index (χ0v) is 15.9. The van der Waals surface area contributed by atoms with Crippen LogP contribution in [-0.2, 0) is 16.1 Å². The fourth-order valence-electron chi connectivity index (χ4n) is 2.78. The van der Waals surface area contributed by atoms with E-state index in [-0.39, 0.29) is 18.1 Å². The van der Waals surface area contributed by atoms with E-state index in [2.05, 4.69) is 10.3 Å². The van der Waals surface area contributed by atoms with Gasteiger partial charge in [-0.3, -0.25) is 14.0 Å². The first-order valence-corrected chi connectivity index (χ1v) is 8.87. The fraction of sp³-hybridized carbons (Fsp3) is 0.238. The molecule has 0 saturated heterocycles. The molecule has 0 bridgehead atoms. The number of hydrogen-bond acceptors (Lipinski definition) is 5. The monoisotopic (exact) mass is 379 g/mol. The van der Waals surface area contributed by atoms with Gasteiger partial charge in [0.2, 0.25) is 0 Å². The number of pyridine rings is 1. The Balaban J connectivity index is 1.65. The third kappa shape index (κ3) is 4.25. The lowest BCUT2D eigenvalue weighted by atomic mass is 10.1. The van der Waals surface area contributed by atoms with E-state index in [0.29, 0.717) is 16.9 Å². The topological polar surface area (TPSA) is 89.8 Å². The van der Waals surface area contributed by atoms with Crippen molar-refractivity contribution < 1.29 is 14.3 Å². The SMILES string of the molecule is Cc1cccc(C(=O)N[C@@H](C)C(=O)OCc2cc(=O)n3cccc(C)c3n2)c1. The van der Waals surface area contributed by atoms with Gasteiger partial charge in [0.05, 0.1) is 5.69 Å². The Morgan fingerprint density at radius 3 is 2.71 bits per heavy atom. The molecule has 1 amide bonds. The van der Waals surface area contributed by atoms with Crippen molar-refractivity contribution in [1.29, 1.82) is 0 Å². The minimum absolute atomic E-state index is 0.149. The van der Waals surface area contributed by atoms with Gasteiger partial charge in [0.25, 0.3) is 11.5 Å². The summed E-state index contributed by atoms with van der Waals surface area (Å²) in [4.78, 5) is 41.0. The van der Waals surface area contributed by atoms with Gasteiger partial charge >= 0.3 is 5.97 Å². The molecule has 1 aromatic carbocycles. The normalized spacial score (nSPS) is 11.8. The van der Waals surface area contributed by atoms with E-state index < -0.39 is 12.0 Å². The molecule has 0 saturated carbocycles. The molecule has 2 heterocycles. The molecule has 0 unspecified atom stereocenters. The second-order valence-electron chi connectivity index (χ2n) is 6.64. The average Bonchev–Trinajstić information content (AvgIpc) is 2.67. The molecule has 7 nitrogen and oxygen atoms in total. The largest absolute Gasteiger partial charge is 0.458 e. The molecule has 0 aliphatic rings. The van der Waals surface area contributed by atoms with Crippen LogP contribution < -0.4 is 10.9 Å². The summed E-state index contributed by atoms with van der Waals surface area (Å²) in [5.74, 6) is -0.960. The number of ether oxygens (including phenoxy) is 1. The third-order valence-corrected chi connectivity index (χ3v) is 4.28. The highest BCUT2D eigenvalue weighted by atomic mass is 16.5. The third-order valence-electron chi connectivity index (χ3n) is 4.28. The van der Waals surface area contributed by atoms with Gasteiger partial charge in [-0.05, 0) is 44.5 Å². The standard InChI is InChI=1S/C21H21N3O4/c1-13-6-4-8-16(10-13)20(26)22-15(3)21(27)28-12-17-11-18(25)24-9-5-7-14(2)19(24)23-17/h4-11,15H,12H2,1-3H3,(H,22,26)/t15-/m0/s1. The predicted molar refractivity (Wildman–Crippen MR) is 104 cm³/mol. The van der Waals surface area contributed by atoms with Crippen molar-refractivity contribution in [3.05, 3.63) is 81.4 Å². The summed E-state index contributed by atoms with van der Waals surface area (Å²) >= 11 is 0. The Bertz CT molecular complexity index is 1100. The highest BCUT2D eigenvalue weighted by Gasteiger charge is 2.18. The maximum atomic E-state index is 12.2. The summed E-state index contributed by atoms with van der Waals surface area (Å²) in [6.07, 6.45) is 1.64. The first-order valence-electron chi connectivity index (χ1n) is 8.87. The maximum Gasteiger partial charge on any atom is 0.328 e. The smallest absolute Gasteiger partial charge is 0.328 e. The van der Waals surface area contributed by atoms with E-state index in [1.807, 2.05) is 26.0 Å². The summed E-state index contributed by atoms with van der Waals surface area (Å²) in [5, 5.41) is 2.61. The Labute approximate surface area is 162 Å². The van der Waals surface area contributed by atoms with Crippen molar-refractivity contribution in [2.45, 2.75) is 33.4 Å². The maximum absolute atomic E-state index is 12.2. The van der Waals surface area contributed by atoms with Gasteiger partial charge in [-0.15, -0.1) is 0 Å². The number of carbonyl (C=O) groups excluding carboxylic acids is 2. The molecule has 144 valence electrons. The molecule has 0 fully saturated rings. The quantitative estimate of drug-likeness (QED) is 0.686. The van der Waals surface area contributed by atoms with Gasteiger partial charge in [-0.25, -0.2) is 9.78 Å². The highest BCUT2D eigenvalue weighted by molar-refractivity contribution is 5.96. The van der Waals surface area contributed by atoms with Crippen LogP contribution >= 0.6 is 0 Å². The van der Waals surface area contributed by atoms with Gasteiger partial charge in [0, 0.05) is 17.8 Å². The number of fused-ring (bicyclic) bond motifs is 1. The zero-order valence-electron chi connectivity index (χ0n) is 15.9. The summed E-state index contributed by atoms with van der Waals surface area (Å²) in [5.41, 5.74) is 2.88. The van der Waals surface area contributed by atoms with Crippen LogP contribution in [0.4, 0.5) is 0 Å². The van der Waals surface area contributed by atoms with Crippen LogP contribution in [0.3, 0.4) is 0 Å². The molecular weight excluding hydrogens is 358 g/mol.